The van der Waals surface area contributed by atoms with E-state index in [1.807, 2.05) is 12.1 Å². The Hall–Kier alpha value is -0.720. The van der Waals surface area contributed by atoms with Crippen LogP contribution in [0.3, 0.4) is 0 Å². The number of halogens is 3. The van der Waals surface area contributed by atoms with Gasteiger partial charge >= 0.3 is 5.51 Å². The van der Waals surface area contributed by atoms with Gasteiger partial charge in [-0.25, -0.2) is 0 Å². The largest absolute Gasteiger partial charge is 0.446 e. The van der Waals surface area contributed by atoms with Crippen LogP contribution in [0.1, 0.15) is 24.4 Å². The molecule has 3 rings (SSSR count). The maximum atomic E-state index is 12.4. The second kappa shape index (κ2) is 6.18. The zero-order chi connectivity index (χ0) is 14.9. The van der Waals surface area contributed by atoms with E-state index in [1.165, 1.54) is 12.8 Å². The first-order chi connectivity index (χ1) is 10.0. The number of thioether (sulfide) groups is 1. The van der Waals surface area contributed by atoms with Crippen LogP contribution >= 0.6 is 11.8 Å². The topological polar surface area (TPSA) is 15.3 Å². The number of alkyl halides is 3. The molecule has 116 valence electrons. The Morgan fingerprint density at radius 2 is 1.71 bits per heavy atom. The predicted molar refractivity (Wildman–Crippen MR) is 78.3 cm³/mol. The molecule has 1 aliphatic carbocycles. The highest BCUT2D eigenvalue weighted by atomic mass is 32.2. The molecule has 0 radical (unpaired) electrons. The number of benzene rings is 1. The van der Waals surface area contributed by atoms with Crippen LogP contribution in [0.25, 0.3) is 0 Å². The molecule has 1 aromatic carbocycles. The highest BCUT2D eigenvalue weighted by molar-refractivity contribution is 8.00. The van der Waals surface area contributed by atoms with Gasteiger partial charge in [0.05, 0.1) is 0 Å². The number of nitrogens with zero attached hydrogens (tertiary/aromatic N) is 1. The summed E-state index contributed by atoms with van der Waals surface area (Å²) in [6.07, 6.45) is 2.46. The fourth-order valence-electron chi connectivity index (χ4n) is 3.02. The molecular formula is C15H19F3N2S. The minimum Gasteiger partial charge on any atom is -0.314 e. The SMILES string of the molecule is FC(F)(F)Sc1ccc([C@H](C2CC2)N2CCNCC2)cc1. The molecule has 0 unspecified atom stereocenters. The van der Waals surface area contributed by atoms with Gasteiger partial charge in [-0.1, -0.05) is 12.1 Å². The summed E-state index contributed by atoms with van der Waals surface area (Å²) < 4.78 is 37.1. The third kappa shape index (κ3) is 4.14. The second-order valence-electron chi connectivity index (χ2n) is 5.69. The Balaban J connectivity index is 1.73. The van der Waals surface area contributed by atoms with E-state index >= 15 is 0 Å². The standard InChI is InChI=1S/C15H19F3N2S/c16-15(17,18)21-13-5-3-12(4-6-13)14(11-1-2-11)20-9-7-19-8-10-20/h3-6,11,14,19H,1-2,7-10H2/t14-/m0/s1. The molecule has 1 aliphatic heterocycles. The molecule has 1 atom stereocenters. The summed E-state index contributed by atoms with van der Waals surface area (Å²) in [5.74, 6) is 0.671. The summed E-state index contributed by atoms with van der Waals surface area (Å²) in [5, 5.41) is 3.35. The van der Waals surface area contributed by atoms with Gasteiger partial charge in [-0.05, 0) is 48.2 Å². The second-order valence-corrected chi connectivity index (χ2v) is 6.82. The third-order valence-corrected chi connectivity index (χ3v) is 4.81. The molecule has 2 aliphatic rings. The van der Waals surface area contributed by atoms with Crippen LogP contribution in [0, 0.1) is 5.92 Å². The van der Waals surface area contributed by atoms with Crippen molar-refractivity contribution in [2.24, 2.45) is 5.92 Å². The maximum Gasteiger partial charge on any atom is 0.446 e. The first kappa shape index (κ1) is 15.2. The fourth-order valence-corrected chi connectivity index (χ4v) is 3.56. The summed E-state index contributed by atoms with van der Waals surface area (Å²) in [4.78, 5) is 2.74. The summed E-state index contributed by atoms with van der Waals surface area (Å²) >= 11 is -0.0428. The zero-order valence-corrected chi connectivity index (χ0v) is 12.5. The Morgan fingerprint density at radius 3 is 2.24 bits per heavy atom. The molecular weight excluding hydrogens is 297 g/mol. The third-order valence-electron chi connectivity index (χ3n) is 4.07. The number of nitrogens with one attached hydrogen (secondary N) is 1. The van der Waals surface area contributed by atoms with E-state index in [2.05, 4.69) is 10.2 Å². The van der Waals surface area contributed by atoms with E-state index in [4.69, 9.17) is 0 Å². The zero-order valence-electron chi connectivity index (χ0n) is 11.7. The van der Waals surface area contributed by atoms with E-state index in [0.717, 1.165) is 31.7 Å². The van der Waals surface area contributed by atoms with Crippen molar-refractivity contribution in [1.29, 1.82) is 0 Å². The smallest absolute Gasteiger partial charge is 0.314 e. The highest BCUT2D eigenvalue weighted by Crippen LogP contribution is 2.45. The Labute approximate surface area is 127 Å². The van der Waals surface area contributed by atoms with Crippen molar-refractivity contribution in [2.45, 2.75) is 29.3 Å². The summed E-state index contributed by atoms with van der Waals surface area (Å²) in [6, 6.07) is 7.32. The predicted octanol–water partition coefficient (Wildman–Crippen LogP) is 3.65. The van der Waals surface area contributed by atoms with Crippen LogP contribution in [0.2, 0.25) is 0 Å². The normalized spacial score (nSPS) is 22.2. The van der Waals surface area contributed by atoms with Crippen LogP contribution < -0.4 is 5.32 Å². The Kier molecular flexibility index (Phi) is 4.47. The summed E-state index contributed by atoms with van der Waals surface area (Å²) in [6.45, 7) is 4.01. The lowest BCUT2D eigenvalue weighted by atomic mass is 10.00. The molecule has 0 aromatic heterocycles. The van der Waals surface area contributed by atoms with Crippen LogP contribution in [0.15, 0.2) is 29.2 Å². The van der Waals surface area contributed by atoms with E-state index in [9.17, 15) is 13.2 Å². The molecule has 2 fully saturated rings. The minimum atomic E-state index is -4.21. The molecule has 0 bridgehead atoms. The van der Waals surface area contributed by atoms with E-state index in [1.54, 1.807) is 12.1 Å². The van der Waals surface area contributed by atoms with Gasteiger partial charge in [0.1, 0.15) is 0 Å². The van der Waals surface area contributed by atoms with Crippen molar-refractivity contribution in [3.8, 4) is 0 Å². The first-order valence-corrected chi connectivity index (χ1v) is 8.15. The number of piperazine rings is 1. The quantitative estimate of drug-likeness (QED) is 0.854. The Bertz CT molecular complexity index is 465. The molecule has 6 heteroatoms. The van der Waals surface area contributed by atoms with Gasteiger partial charge in [0.2, 0.25) is 0 Å². The fraction of sp³-hybridized carbons (Fsp3) is 0.600. The molecule has 0 amide bonds. The average molecular weight is 316 g/mol. The first-order valence-electron chi connectivity index (χ1n) is 7.33. The van der Waals surface area contributed by atoms with E-state index < -0.39 is 5.51 Å². The van der Waals surface area contributed by atoms with E-state index in [-0.39, 0.29) is 16.7 Å². The number of hydrogen-bond acceptors (Lipinski definition) is 3. The number of hydrogen-bond donors (Lipinski definition) is 1. The lowest BCUT2D eigenvalue weighted by Crippen LogP contribution is -2.45. The van der Waals surface area contributed by atoms with Crippen molar-refractivity contribution in [2.75, 3.05) is 26.2 Å². The van der Waals surface area contributed by atoms with E-state index in [0.29, 0.717) is 12.0 Å². The lowest BCUT2D eigenvalue weighted by molar-refractivity contribution is -0.0328. The van der Waals surface area contributed by atoms with Crippen LogP contribution in [0.5, 0.6) is 0 Å². The van der Waals surface area contributed by atoms with Gasteiger partial charge in [0, 0.05) is 37.1 Å². The molecule has 2 nitrogen and oxygen atoms in total. The highest BCUT2D eigenvalue weighted by Gasteiger charge is 2.36. The van der Waals surface area contributed by atoms with Crippen LogP contribution in [0.4, 0.5) is 13.2 Å². The lowest BCUT2D eigenvalue weighted by Gasteiger charge is -2.35. The monoisotopic (exact) mass is 316 g/mol. The number of rotatable bonds is 4. The molecule has 1 aromatic rings. The molecule has 1 saturated carbocycles. The molecule has 21 heavy (non-hydrogen) atoms. The van der Waals surface area contributed by atoms with Gasteiger partial charge in [-0.15, -0.1) is 0 Å². The van der Waals surface area contributed by atoms with Crippen molar-refractivity contribution < 1.29 is 13.2 Å². The molecule has 1 heterocycles. The Morgan fingerprint density at radius 1 is 1.10 bits per heavy atom. The maximum absolute atomic E-state index is 12.4. The van der Waals surface area contributed by atoms with Gasteiger partial charge in [0.25, 0.3) is 0 Å². The van der Waals surface area contributed by atoms with Crippen molar-refractivity contribution in [3.05, 3.63) is 29.8 Å². The van der Waals surface area contributed by atoms with Crippen LogP contribution in [-0.4, -0.2) is 36.6 Å². The van der Waals surface area contributed by atoms with Crippen molar-refractivity contribution in [1.82, 2.24) is 10.2 Å². The van der Waals surface area contributed by atoms with Crippen molar-refractivity contribution in [3.63, 3.8) is 0 Å². The minimum absolute atomic E-state index is 0.0428. The molecule has 1 N–H and O–H groups in total. The van der Waals surface area contributed by atoms with Gasteiger partial charge in [0.15, 0.2) is 0 Å². The van der Waals surface area contributed by atoms with Gasteiger partial charge in [-0.2, -0.15) is 13.2 Å². The van der Waals surface area contributed by atoms with Crippen LogP contribution in [-0.2, 0) is 0 Å². The van der Waals surface area contributed by atoms with Gasteiger partial charge in [-0.3, -0.25) is 4.90 Å². The van der Waals surface area contributed by atoms with Gasteiger partial charge < -0.3 is 5.32 Å². The molecule has 1 saturated heterocycles. The summed E-state index contributed by atoms with van der Waals surface area (Å²) in [7, 11) is 0. The van der Waals surface area contributed by atoms with Crippen molar-refractivity contribution >= 4 is 11.8 Å². The average Bonchev–Trinajstić information content (AvgIpc) is 3.25. The summed E-state index contributed by atoms with van der Waals surface area (Å²) in [5.41, 5.74) is -3.05. The molecule has 0 spiro atoms.